The van der Waals surface area contributed by atoms with Crippen molar-refractivity contribution in [2.24, 2.45) is 5.92 Å². The first-order valence-corrected chi connectivity index (χ1v) is 7.96. The van der Waals surface area contributed by atoms with Crippen LogP contribution in [-0.4, -0.2) is 17.0 Å². The Kier molecular flexibility index (Phi) is 6.32. The number of carboxylic acids is 1. The Morgan fingerprint density at radius 3 is 2.42 bits per heavy atom. The minimum absolute atomic E-state index is 0.265. The van der Waals surface area contributed by atoms with E-state index in [0.717, 1.165) is 16.8 Å². The second-order valence-electron chi connectivity index (χ2n) is 5.48. The van der Waals surface area contributed by atoms with Crippen LogP contribution in [0.2, 0.25) is 0 Å². The number of aliphatic carboxylic acids is 1. The Balaban J connectivity index is 2.06. The third-order valence-corrected chi connectivity index (χ3v) is 3.80. The zero-order chi connectivity index (χ0) is 17.4. The predicted octanol–water partition coefficient (Wildman–Crippen LogP) is 4.35. The topological polar surface area (TPSA) is 66.4 Å². The van der Waals surface area contributed by atoms with Gasteiger partial charge in [0.05, 0.1) is 5.92 Å². The fourth-order valence-electron chi connectivity index (χ4n) is 2.42. The molecule has 0 aliphatic rings. The molecule has 0 radical (unpaired) electrons. The van der Waals surface area contributed by atoms with Gasteiger partial charge in [-0.25, -0.2) is 0 Å². The fraction of sp³-hybridized carbons (Fsp3) is 0.200. The molecule has 0 saturated heterocycles. The van der Waals surface area contributed by atoms with Crippen LogP contribution >= 0.6 is 0 Å². The number of carbonyl (C=O) groups excluding carboxylic acids is 1. The molecule has 0 saturated carbocycles. The maximum absolute atomic E-state index is 12.1. The van der Waals surface area contributed by atoms with Gasteiger partial charge in [-0.3, -0.25) is 9.59 Å². The summed E-state index contributed by atoms with van der Waals surface area (Å²) < 4.78 is 0. The van der Waals surface area contributed by atoms with Crippen molar-refractivity contribution in [3.63, 3.8) is 0 Å². The third-order valence-electron chi connectivity index (χ3n) is 3.80. The molecule has 1 amide bonds. The average molecular weight is 323 g/mol. The van der Waals surface area contributed by atoms with Gasteiger partial charge < -0.3 is 10.4 Å². The van der Waals surface area contributed by atoms with Gasteiger partial charge >= 0.3 is 5.97 Å². The van der Waals surface area contributed by atoms with Crippen LogP contribution in [0.1, 0.15) is 19.8 Å². The van der Waals surface area contributed by atoms with Crippen molar-refractivity contribution < 1.29 is 14.7 Å². The highest BCUT2D eigenvalue weighted by molar-refractivity contribution is 6.02. The van der Waals surface area contributed by atoms with Gasteiger partial charge in [-0.2, -0.15) is 0 Å². The van der Waals surface area contributed by atoms with Crippen molar-refractivity contribution >= 4 is 17.6 Å². The first-order valence-electron chi connectivity index (χ1n) is 7.96. The summed E-state index contributed by atoms with van der Waals surface area (Å²) in [6, 6.07) is 17.4. The molecule has 124 valence electrons. The van der Waals surface area contributed by atoms with E-state index >= 15 is 0 Å². The molecule has 1 atom stereocenters. The zero-order valence-electron chi connectivity index (χ0n) is 13.6. The lowest BCUT2D eigenvalue weighted by Gasteiger charge is -2.10. The van der Waals surface area contributed by atoms with Crippen LogP contribution in [0, 0.1) is 5.92 Å². The normalized spacial score (nSPS) is 12.0. The molecule has 2 rings (SSSR count). The smallest absolute Gasteiger partial charge is 0.306 e. The molecule has 0 aliphatic heterocycles. The van der Waals surface area contributed by atoms with E-state index in [4.69, 9.17) is 5.11 Å². The highest BCUT2D eigenvalue weighted by Gasteiger charge is 2.12. The monoisotopic (exact) mass is 323 g/mol. The minimum Gasteiger partial charge on any atom is -0.481 e. The number of anilines is 1. The Labute approximate surface area is 141 Å². The van der Waals surface area contributed by atoms with Crippen LogP contribution in [0.25, 0.3) is 11.1 Å². The highest BCUT2D eigenvalue weighted by atomic mass is 16.4. The molecule has 1 unspecified atom stereocenters. The van der Waals surface area contributed by atoms with Crippen LogP contribution in [0.3, 0.4) is 0 Å². The summed E-state index contributed by atoms with van der Waals surface area (Å²) in [5.41, 5.74) is 2.69. The summed E-state index contributed by atoms with van der Waals surface area (Å²) in [4.78, 5) is 23.1. The van der Waals surface area contributed by atoms with E-state index in [0.29, 0.717) is 12.8 Å². The van der Waals surface area contributed by atoms with E-state index in [2.05, 4.69) is 5.32 Å². The first-order chi connectivity index (χ1) is 11.6. The SMILES string of the molecule is CCC(CC=CC(=O)Nc1ccccc1-c1ccccc1)C(=O)O. The number of nitrogens with one attached hydrogen (secondary N) is 1. The van der Waals surface area contributed by atoms with E-state index in [1.807, 2.05) is 61.5 Å². The van der Waals surface area contributed by atoms with Crippen molar-refractivity contribution in [1.82, 2.24) is 0 Å². The second kappa shape index (κ2) is 8.67. The number of carbonyl (C=O) groups is 2. The lowest BCUT2D eigenvalue weighted by atomic mass is 10.0. The molecule has 0 fully saturated rings. The number of amides is 1. The number of para-hydroxylation sites is 1. The van der Waals surface area contributed by atoms with E-state index in [-0.39, 0.29) is 5.91 Å². The maximum Gasteiger partial charge on any atom is 0.306 e. The molecule has 0 spiro atoms. The summed E-state index contributed by atoms with van der Waals surface area (Å²) in [5, 5.41) is 11.9. The standard InChI is InChI=1S/C20H21NO3/c1-2-15(20(23)24)11-8-14-19(22)21-18-13-7-6-12-17(18)16-9-4-3-5-10-16/h3-10,12-15H,2,11H2,1H3,(H,21,22)(H,23,24). The molecule has 4 heteroatoms. The molecule has 4 nitrogen and oxygen atoms in total. The molecular formula is C20H21NO3. The third kappa shape index (κ3) is 4.81. The summed E-state index contributed by atoms with van der Waals surface area (Å²) in [5.74, 6) is -1.55. The number of benzene rings is 2. The van der Waals surface area contributed by atoms with Gasteiger partial charge in [0, 0.05) is 11.3 Å². The van der Waals surface area contributed by atoms with Crippen LogP contribution in [0.15, 0.2) is 66.7 Å². The predicted molar refractivity (Wildman–Crippen MR) is 95.7 cm³/mol. The Hall–Kier alpha value is -2.88. The zero-order valence-corrected chi connectivity index (χ0v) is 13.6. The summed E-state index contributed by atoms with van der Waals surface area (Å²) in [7, 11) is 0. The van der Waals surface area contributed by atoms with Gasteiger partial charge in [0.15, 0.2) is 0 Å². The Morgan fingerprint density at radius 1 is 1.08 bits per heavy atom. The van der Waals surface area contributed by atoms with Crippen LogP contribution in [0.5, 0.6) is 0 Å². The van der Waals surface area contributed by atoms with Gasteiger partial charge in [-0.05, 0) is 30.5 Å². The van der Waals surface area contributed by atoms with E-state index < -0.39 is 11.9 Å². The van der Waals surface area contributed by atoms with Gasteiger partial charge in [-0.1, -0.05) is 61.5 Å². The minimum atomic E-state index is -0.836. The highest BCUT2D eigenvalue weighted by Crippen LogP contribution is 2.27. The molecule has 24 heavy (non-hydrogen) atoms. The van der Waals surface area contributed by atoms with E-state index in [1.54, 1.807) is 6.08 Å². The molecule has 0 aromatic heterocycles. The summed E-state index contributed by atoms with van der Waals surface area (Å²) in [6.07, 6.45) is 3.90. The Bertz CT molecular complexity index is 723. The van der Waals surface area contributed by atoms with Crippen molar-refractivity contribution in [3.8, 4) is 11.1 Å². The van der Waals surface area contributed by atoms with Gasteiger partial charge in [0.1, 0.15) is 0 Å². The molecule has 0 bridgehead atoms. The van der Waals surface area contributed by atoms with Crippen molar-refractivity contribution in [3.05, 3.63) is 66.7 Å². The van der Waals surface area contributed by atoms with Crippen LogP contribution in [-0.2, 0) is 9.59 Å². The van der Waals surface area contributed by atoms with Gasteiger partial charge in [0.2, 0.25) is 5.91 Å². The number of carboxylic acid groups (broad SMARTS) is 1. The molecule has 2 N–H and O–H groups in total. The largest absolute Gasteiger partial charge is 0.481 e. The van der Waals surface area contributed by atoms with E-state index in [9.17, 15) is 9.59 Å². The quantitative estimate of drug-likeness (QED) is 0.744. The number of rotatable bonds is 7. The number of allylic oxidation sites excluding steroid dienone is 1. The second-order valence-corrected chi connectivity index (χ2v) is 5.48. The lowest BCUT2D eigenvalue weighted by molar-refractivity contribution is -0.141. The number of hydrogen-bond donors (Lipinski definition) is 2. The molecule has 2 aromatic rings. The average Bonchev–Trinajstić information content (AvgIpc) is 2.59. The van der Waals surface area contributed by atoms with Crippen molar-refractivity contribution in [2.75, 3.05) is 5.32 Å². The molecule has 0 heterocycles. The van der Waals surface area contributed by atoms with Crippen molar-refractivity contribution in [1.29, 1.82) is 0 Å². The fourth-order valence-corrected chi connectivity index (χ4v) is 2.42. The molecular weight excluding hydrogens is 302 g/mol. The van der Waals surface area contributed by atoms with Gasteiger partial charge in [-0.15, -0.1) is 0 Å². The summed E-state index contributed by atoms with van der Waals surface area (Å²) in [6.45, 7) is 1.82. The molecule has 0 aliphatic carbocycles. The van der Waals surface area contributed by atoms with Crippen molar-refractivity contribution in [2.45, 2.75) is 19.8 Å². The Morgan fingerprint density at radius 2 is 1.75 bits per heavy atom. The molecule has 2 aromatic carbocycles. The lowest BCUT2D eigenvalue weighted by Crippen LogP contribution is -2.12. The van der Waals surface area contributed by atoms with Crippen LogP contribution < -0.4 is 5.32 Å². The first kappa shape index (κ1) is 17.5. The number of hydrogen-bond acceptors (Lipinski definition) is 2. The summed E-state index contributed by atoms with van der Waals surface area (Å²) >= 11 is 0. The maximum atomic E-state index is 12.1. The van der Waals surface area contributed by atoms with Crippen LogP contribution in [0.4, 0.5) is 5.69 Å². The van der Waals surface area contributed by atoms with Gasteiger partial charge in [0.25, 0.3) is 0 Å². The van der Waals surface area contributed by atoms with E-state index in [1.165, 1.54) is 6.08 Å².